The molecule has 0 saturated heterocycles. The van der Waals surface area contributed by atoms with Gasteiger partial charge in [-0.15, -0.1) is 0 Å². The minimum Gasteiger partial charge on any atom is -0.460 e. The molecule has 4 nitrogen and oxygen atoms in total. The Balaban J connectivity index is 2.18. The molecule has 1 saturated carbocycles. The largest absolute Gasteiger partial charge is 0.460 e. The second-order valence-electron chi connectivity index (χ2n) is 7.04. The summed E-state index contributed by atoms with van der Waals surface area (Å²) in [6.07, 6.45) is 1.76. The van der Waals surface area contributed by atoms with E-state index < -0.39 is 23.5 Å². The van der Waals surface area contributed by atoms with Gasteiger partial charge in [-0.3, -0.25) is 4.79 Å². The summed E-state index contributed by atoms with van der Waals surface area (Å²) in [6.45, 7) is 4.99. The van der Waals surface area contributed by atoms with Crippen LogP contribution in [0, 0.1) is 40.2 Å². The van der Waals surface area contributed by atoms with Crippen molar-refractivity contribution in [1.82, 2.24) is 0 Å². The molecule has 1 aromatic carbocycles. The number of ether oxygens (including phenoxy) is 2. The lowest BCUT2D eigenvalue weighted by Gasteiger charge is -2.14. The van der Waals surface area contributed by atoms with Crippen molar-refractivity contribution in [3.05, 3.63) is 43.4 Å². The number of nitrogens with zero attached hydrogens (tertiary/aromatic N) is 1. The number of hydrogen-bond acceptors (Lipinski definition) is 4. The third kappa shape index (κ3) is 4.25. The molecular weight excluding hydrogens is 488 g/mol. The van der Waals surface area contributed by atoms with Crippen molar-refractivity contribution in [2.75, 3.05) is 7.11 Å². The van der Waals surface area contributed by atoms with E-state index in [0.717, 1.165) is 0 Å². The lowest BCUT2D eigenvalue weighted by atomic mass is 10.1. The summed E-state index contributed by atoms with van der Waals surface area (Å²) in [5.41, 5.74) is 0.151. The van der Waals surface area contributed by atoms with Crippen LogP contribution in [0.2, 0.25) is 0 Å². The maximum Gasteiger partial charge on any atom is 0.310 e. The number of rotatable bonds is 6. The molecular formula is C19H19Br2F2NO3. The van der Waals surface area contributed by atoms with Crippen LogP contribution in [-0.4, -0.2) is 13.1 Å². The highest BCUT2D eigenvalue weighted by Gasteiger charge is 2.61. The van der Waals surface area contributed by atoms with E-state index in [0.29, 0.717) is 5.57 Å². The summed E-state index contributed by atoms with van der Waals surface area (Å²) < 4.78 is 39.0. The fourth-order valence-corrected chi connectivity index (χ4v) is 4.47. The van der Waals surface area contributed by atoms with E-state index in [4.69, 9.17) is 14.7 Å². The number of nitriles is 1. The summed E-state index contributed by atoms with van der Waals surface area (Å²) in [5.74, 6) is -2.55. The van der Waals surface area contributed by atoms with Gasteiger partial charge >= 0.3 is 5.97 Å². The first-order valence-electron chi connectivity index (χ1n) is 8.15. The molecule has 0 aromatic heterocycles. The van der Waals surface area contributed by atoms with Crippen LogP contribution in [0.4, 0.5) is 8.78 Å². The first kappa shape index (κ1) is 22.0. The lowest BCUT2D eigenvalue weighted by molar-refractivity contribution is -0.147. The molecule has 0 N–H and O–H groups in total. The Labute approximate surface area is 173 Å². The Morgan fingerprint density at radius 3 is 2.26 bits per heavy atom. The van der Waals surface area contributed by atoms with Gasteiger partial charge in [0.15, 0.2) is 0 Å². The normalized spacial score (nSPS) is 20.9. The van der Waals surface area contributed by atoms with Crippen LogP contribution in [0.3, 0.4) is 0 Å². The number of esters is 1. The van der Waals surface area contributed by atoms with Gasteiger partial charge in [-0.1, -0.05) is 19.9 Å². The topological polar surface area (TPSA) is 59.3 Å². The van der Waals surface area contributed by atoms with Gasteiger partial charge in [0.1, 0.15) is 18.2 Å². The smallest absolute Gasteiger partial charge is 0.310 e. The zero-order valence-corrected chi connectivity index (χ0v) is 18.5. The quantitative estimate of drug-likeness (QED) is 0.293. The maximum absolute atomic E-state index is 14.4. The van der Waals surface area contributed by atoms with Gasteiger partial charge in [-0.25, -0.2) is 8.78 Å². The zero-order valence-electron chi connectivity index (χ0n) is 15.3. The molecule has 0 aliphatic heterocycles. The van der Waals surface area contributed by atoms with Crippen molar-refractivity contribution >= 4 is 37.8 Å². The number of halogens is 4. The molecule has 0 bridgehead atoms. The third-order valence-corrected chi connectivity index (χ3v) is 6.52. The number of carbonyl (C=O) groups is 1. The van der Waals surface area contributed by atoms with Crippen LogP contribution >= 0.6 is 31.9 Å². The molecule has 27 heavy (non-hydrogen) atoms. The van der Waals surface area contributed by atoms with Crippen molar-refractivity contribution in [3.8, 4) is 6.07 Å². The van der Waals surface area contributed by atoms with Gasteiger partial charge in [0.05, 0.1) is 33.1 Å². The summed E-state index contributed by atoms with van der Waals surface area (Å²) in [6, 6.07) is 2.04. The molecule has 1 aliphatic rings. The molecule has 8 heteroatoms. The molecule has 0 heterocycles. The van der Waals surface area contributed by atoms with E-state index in [1.165, 1.54) is 7.11 Å². The molecule has 0 amide bonds. The van der Waals surface area contributed by atoms with Crippen LogP contribution in [0.25, 0.3) is 0 Å². The van der Waals surface area contributed by atoms with E-state index in [2.05, 4.69) is 31.9 Å². The van der Waals surface area contributed by atoms with Crippen molar-refractivity contribution < 1.29 is 23.0 Å². The predicted octanol–water partition coefficient (Wildman–Crippen LogP) is 5.42. The van der Waals surface area contributed by atoms with Crippen molar-refractivity contribution in [3.63, 3.8) is 0 Å². The monoisotopic (exact) mass is 505 g/mol. The molecule has 0 radical (unpaired) electrons. The van der Waals surface area contributed by atoms with E-state index in [1.807, 2.05) is 19.9 Å². The number of hydrogen-bond donors (Lipinski definition) is 0. The van der Waals surface area contributed by atoms with Crippen molar-refractivity contribution in [2.24, 2.45) is 17.3 Å². The van der Waals surface area contributed by atoms with E-state index in [-0.39, 0.29) is 44.6 Å². The number of carbonyl (C=O) groups excluding carboxylic acids is 1. The van der Waals surface area contributed by atoms with Crippen molar-refractivity contribution in [2.45, 2.75) is 34.0 Å². The number of allylic oxidation sites excluding steroid dienone is 2. The Kier molecular flexibility index (Phi) is 6.82. The second kappa shape index (κ2) is 8.38. The lowest BCUT2D eigenvalue weighted by Crippen LogP contribution is -2.12. The summed E-state index contributed by atoms with van der Waals surface area (Å²) >= 11 is 6.20. The van der Waals surface area contributed by atoms with Crippen LogP contribution in [0.1, 0.15) is 31.9 Å². The second-order valence-corrected chi connectivity index (χ2v) is 8.63. The highest BCUT2D eigenvalue weighted by atomic mass is 79.9. The number of methoxy groups -OCH3 is 1. The molecule has 1 aliphatic carbocycles. The Morgan fingerprint density at radius 1 is 1.22 bits per heavy atom. The minimum atomic E-state index is -0.791. The first-order chi connectivity index (χ1) is 12.6. The van der Waals surface area contributed by atoms with Crippen LogP contribution in [0.5, 0.6) is 0 Å². The fraction of sp³-hybridized carbons (Fsp3) is 0.474. The minimum absolute atomic E-state index is 0.0162. The highest BCUT2D eigenvalue weighted by molar-refractivity contribution is 9.11. The molecule has 146 valence electrons. The Hall–Kier alpha value is -1.30. The SMILES string of the molecule is COCc1c(F)c(Br)c(COC(=O)[C@@H]2[C@@H](C=C(C)C#N)C2(C)C)c(Br)c1F. The molecule has 2 rings (SSSR count). The predicted molar refractivity (Wildman–Crippen MR) is 102 cm³/mol. The Morgan fingerprint density at radius 2 is 1.78 bits per heavy atom. The van der Waals surface area contributed by atoms with E-state index >= 15 is 0 Å². The van der Waals surface area contributed by atoms with E-state index in [9.17, 15) is 13.6 Å². The van der Waals surface area contributed by atoms with Gasteiger partial charge in [-0.2, -0.15) is 5.26 Å². The summed E-state index contributed by atoms with van der Waals surface area (Å²) in [5, 5.41) is 8.91. The summed E-state index contributed by atoms with van der Waals surface area (Å²) in [7, 11) is 1.34. The van der Waals surface area contributed by atoms with Crippen LogP contribution in [-0.2, 0) is 27.5 Å². The zero-order chi connectivity index (χ0) is 20.5. The van der Waals surface area contributed by atoms with Gasteiger partial charge < -0.3 is 9.47 Å². The average Bonchev–Trinajstić information content (AvgIpc) is 3.16. The highest BCUT2D eigenvalue weighted by Crippen LogP contribution is 2.60. The average molecular weight is 507 g/mol. The fourth-order valence-electron chi connectivity index (χ4n) is 3.10. The van der Waals surface area contributed by atoms with Gasteiger partial charge in [0.2, 0.25) is 0 Å². The molecule has 2 atom stereocenters. The molecule has 1 fully saturated rings. The van der Waals surface area contributed by atoms with Gasteiger partial charge in [0.25, 0.3) is 0 Å². The standard InChI is InChI=1S/C19H19Br2F2NO3/c1-9(6-24)5-12-13(19(12,2)3)18(25)27-8-10-14(20)16(22)11(7-26-4)17(23)15(10)21/h5,12-13H,7-8H2,1-4H3/t12-,13+/m1/s1. The maximum atomic E-state index is 14.4. The van der Waals surface area contributed by atoms with Crippen LogP contribution < -0.4 is 0 Å². The molecule has 1 aromatic rings. The Bertz CT molecular complexity index is 817. The third-order valence-electron chi connectivity index (χ3n) is 4.86. The molecule has 0 spiro atoms. The van der Waals surface area contributed by atoms with E-state index in [1.54, 1.807) is 13.0 Å². The first-order valence-corrected chi connectivity index (χ1v) is 9.74. The molecule has 0 unspecified atom stereocenters. The number of benzene rings is 1. The van der Waals surface area contributed by atoms with Gasteiger partial charge in [-0.05, 0) is 50.1 Å². The summed E-state index contributed by atoms with van der Waals surface area (Å²) in [4.78, 5) is 12.5. The van der Waals surface area contributed by atoms with Gasteiger partial charge in [0, 0.05) is 18.2 Å². The van der Waals surface area contributed by atoms with Crippen LogP contribution in [0.15, 0.2) is 20.6 Å². The van der Waals surface area contributed by atoms with Crippen molar-refractivity contribution in [1.29, 1.82) is 5.26 Å².